The topological polar surface area (TPSA) is 40.5 Å². The van der Waals surface area contributed by atoms with E-state index in [1.807, 2.05) is 4.90 Å². The van der Waals surface area contributed by atoms with Crippen LogP contribution in [0, 0.1) is 23.3 Å². The lowest BCUT2D eigenvalue weighted by Gasteiger charge is -2.33. The summed E-state index contributed by atoms with van der Waals surface area (Å²) < 4.78 is 71.9. The minimum Gasteiger partial charge on any atom is -0.478 e. The van der Waals surface area contributed by atoms with Gasteiger partial charge in [0.25, 0.3) is 0 Å². The van der Waals surface area contributed by atoms with Crippen molar-refractivity contribution in [3.8, 4) is 0 Å². The summed E-state index contributed by atoms with van der Waals surface area (Å²) in [5.74, 6) is -4.23. The van der Waals surface area contributed by atoms with Crippen LogP contribution >= 0.6 is 0 Å². The second-order valence-corrected chi connectivity index (χ2v) is 9.92. The third-order valence-electron chi connectivity index (χ3n) is 7.23. The molecule has 1 N–H and O–H groups in total. The highest BCUT2D eigenvalue weighted by Crippen LogP contribution is 2.41. The molecule has 0 radical (unpaired) electrons. The summed E-state index contributed by atoms with van der Waals surface area (Å²) in [6.45, 7) is 1.19. The van der Waals surface area contributed by atoms with Crippen molar-refractivity contribution < 1.29 is 31.9 Å². The fourth-order valence-corrected chi connectivity index (χ4v) is 5.39. The van der Waals surface area contributed by atoms with Gasteiger partial charge in [0, 0.05) is 36.8 Å². The van der Waals surface area contributed by atoms with E-state index in [0.29, 0.717) is 67.6 Å². The smallest absolute Gasteiger partial charge is 0.335 e. The van der Waals surface area contributed by atoms with Crippen LogP contribution in [0.25, 0.3) is 17.2 Å². The first-order valence-corrected chi connectivity index (χ1v) is 12.8. The third-order valence-corrected chi connectivity index (χ3v) is 7.23. The molecular formula is C31H26F5NO2. The number of fused-ring (bicyclic) bond motifs is 1. The van der Waals surface area contributed by atoms with E-state index in [9.17, 15) is 23.1 Å². The molecular weight excluding hydrogens is 513 g/mol. The molecule has 0 atom stereocenters. The summed E-state index contributed by atoms with van der Waals surface area (Å²) in [6, 6.07) is 10.1. The number of hydrogen-bond donors (Lipinski definition) is 1. The number of carbonyl (C=O) groups is 1. The number of hydrogen-bond acceptors (Lipinski definition) is 2. The van der Waals surface area contributed by atoms with Crippen LogP contribution in [0.5, 0.6) is 0 Å². The summed E-state index contributed by atoms with van der Waals surface area (Å²) in [4.78, 5) is 13.6. The third kappa shape index (κ3) is 5.52. The van der Waals surface area contributed by atoms with E-state index < -0.39 is 35.9 Å². The Morgan fingerprint density at radius 2 is 1.62 bits per heavy atom. The molecule has 1 heterocycles. The van der Waals surface area contributed by atoms with E-state index in [0.717, 1.165) is 17.7 Å². The second kappa shape index (κ2) is 11.1. The maximum atomic E-state index is 15.4. The van der Waals surface area contributed by atoms with Gasteiger partial charge in [0.1, 0.15) is 23.3 Å². The summed E-state index contributed by atoms with van der Waals surface area (Å²) in [5.41, 5.74) is 3.06. The van der Waals surface area contributed by atoms with Gasteiger partial charge in [-0.15, -0.1) is 0 Å². The van der Waals surface area contributed by atoms with Gasteiger partial charge in [0.2, 0.25) is 0 Å². The Morgan fingerprint density at radius 1 is 0.897 bits per heavy atom. The predicted octanol–water partition coefficient (Wildman–Crippen LogP) is 7.30. The lowest BCUT2D eigenvalue weighted by Crippen LogP contribution is -2.40. The number of allylic oxidation sites excluding steroid dienone is 1. The number of rotatable bonds is 7. The number of likely N-dealkylation sites (tertiary alicyclic amines) is 1. The van der Waals surface area contributed by atoms with E-state index >= 15 is 8.78 Å². The summed E-state index contributed by atoms with van der Waals surface area (Å²) in [6.07, 6.45) is 3.21. The molecule has 0 saturated carbocycles. The Bertz CT molecular complexity index is 1480. The molecule has 1 aliphatic heterocycles. The highest BCUT2D eigenvalue weighted by Gasteiger charge is 2.26. The van der Waals surface area contributed by atoms with Gasteiger partial charge in [0.15, 0.2) is 0 Å². The number of alkyl halides is 1. The first kappa shape index (κ1) is 26.8. The molecule has 3 nitrogen and oxygen atoms in total. The molecule has 0 bridgehead atoms. The van der Waals surface area contributed by atoms with Crippen LogP contribution in [0.2, 0.25) is 0 Å². The van der Waals surface area contributed by atoms with Gasteiger partial charge in [-0.25, -0.2) is 22.4 Å². The molecule has 202 valence electrons. The van der Waals surface area contributed by atoms with Crippen molar-refractivity contribution in [2.45, 2.75) is 25.7 Å². The van der Waals surface area contributed by atoms with Crippen LogP contribution in [-0.4, -0.2) is 42.3 Å². The number of halogens is 5. The number of nitrogens with zero attached hydrogens (tertiary/aromatic N) is 1. The zero-order valence-corrected chi connectivity index (χ0v) is 21.0. The Kier molecular flexibility index (Phi) is 7.66. The van der Waals surface area contributed by atoms with Crippen molar-refractivity contribution in [2.75, 3.05) is 26.3 Å². The highest BCUT2D eigenvalue weighted by atomic mass is 19.1. The quantitative estimate of drug-likeness (QED) is 0.321. The molecule has 3 aromatic carbocycles. The average molecular weight is 540 g/mol. The van der Waals surface area contributed by atoms with E-state index in [4.69, 9.17) is 0 Å². The minimum absolute atomic E-state index is 0.0740. The Labute approximate surface area is 222 Å². The molecule has 5 rings (SSSR count). The van der Waals surface area contributed by atoms with Crippen LogP contribution in [0.4, 0.5) is 22.0 Å². The van der Waals surface area contributed by atoms with Gasteiger partial charge < -0.3 is 5.11 Å². The highest BCUT2D eigenvalue weighted by molar-refractivity contribution is 6.01. The molecule has 0 aromatic heterocycles. The molecule has 1 saturated heterocycles. The van der Waals surface area contributed by atoms with Crippen molar-refractivity contribution in [2.24, 2.45) is 0 Å². The number of carboxylic acids is 1. The molecule has 1 aliphatic carbocycles. The van der Waals surface area contributed by atoms with Gasteiger partial charge in [-0.3, -0.25) is 9.29 Å². The lowest BCUT2D eigenvalue weighted by atomic mass is 9.86. The Balaban J connectivity index is 1.63. The van der Waals surface area contributed by atoms with Gasteiger partial charge in [-0.2, -0.15) is 0 Å². The SMILES string of the molecule is O=C(O)c1ccc2c(c1)CCCC(c1ccc(F)cc1F)=C2c1cc(F)c(C=C2CN(CCCF)C2)c(F)c1. The number of benzene rings is 3. The lowest BCUT2D eigenvalue weighted by molar-refractivity contribution is 0.0696. The van der Waals surface area contributed by atoms with Crippen molar-refractivity contribution >= 4 is 23.2 Å². The molecule has 3 aromatic rings. The maximum Gasteiger partial charge on any atom is 0.335 e. The normalized spacial score (nSPS) is 15.6. The number of aromatic carboxylic acids is 1. The summed E-state index contributed by atoms with van der Waals surface area (Å²) >= 11 is 0. The van der Waals surface area contributed by atoms with Crippen LogP contribution in [0.15, 0.2) is 54.1 Å². The fraction of sp³-hybridized carbons (Fsp3) is 0.258. The van der Waals surface area contributed by atoms with E-state index in [2.05, 4.69) is 0 Å². The van der Waals surface area contributed by atoms with Crippen LogP contribution in [-0.2, 0) is 6.42 Å². The predicted molar refractivity (Wildman–Crippen MR) is 140 cm³/mol. The molecule has 8 heteroatoms. The van der Waals surface area contributed by atoms with Gasteiger partial charge in [-0.1, -0.05) is 6.07 Å². The minimum atomic E-state index is -1.11. The molecule has 2 aliphatic rings. The average Bonchev–Trinajstić information content (AvgIpc) is 3.05. The molecule has 1 fully saturated rings. The molecule has 0 unspecified atom stereocenters. The summed E-state index contributed by atoms with van der Waals surface area (Å²) in [5, 5.41) is 9.47. The van der Waals surface area contributed by atoms with E-state index in [1.165, 1.54) is 36.4 Å². The van der Waals surface area contributed by atoms with Crippen LogP contribution in [0.1, 0.15) is 57.4 Å². The number of carboxylic acid groups (broad SMARTS) is 1. The molecule has 0 spiro atoms. The monoisotopic (exact) mass is 539 g/mol. The van der Waals surface area contributed by atoms with Crippen LogP contribution < -0.4 is 0 Å². The standard InChI is InChI=1S/C31H26F5NO2/c32-9-2-10-37-16-18(17-37)11-26-27(34)13-21(14-28(26)35)30-23-7-5-20(31(38)39)12-19(23)3-1-4-25(30)24-8-6-22(33)15-29(24)36/h5-8,11-15H,1-4,9-10,16-17H2,(H,38,39). The maximum absolute atomic E-state index is 15.4. The van der Waals surface area contributed by atoms with Crippen LogP contribution in [0.3, 0.4) is 0 Å². The first-order chi connectivity index (χ1) is 18.7. The van der Waals surface area contributed by atoms with Gasteiger partial charge in [0.05, 0.1) is 12.2 Å². The zero-order valence-electron chi connectivity index (χ0n) is 21.0. The fourth-order valence-electron chi connectivity index (χ4n) is 5.39. The van der Waals surface area contributed by atoms with E-state index in [1.54, 1.807) is 6.07 Å². The van der Waals surface area contributed by atoms with Crippen molar-refractivity contribution in [3.05, 3.63) is 111 Å². The zero-order chi connectivity index (χ0) is 27.7. The van der Waals surface area contributed by atoms with Crippen molar-refractivity contribution in [1.82, 2.24) is 4.90 Å². The van der Waals surface area contributed by atoms with Crippen molar-refractivity contribution in [3.63, 3.8) is 0 Å². The molecule has 39 heavy (non-hydrogen) atoms. The van der Waals surface area contributed by atoms with Crippen molar-refractivity contribution in [1.29, 1.82) is 0 Å². The Hall–Kier alpha value is -3.78. The number of aryl methyl sites for hydroxylation is 1. The second-order valence-electron chi connectivity index (χ2n) is 9.92. The Morgan fingerprint density at radius 3 is 2.28 bits per heavy atom. The van der Waals surface area contributed by atoms with E-state index in [-0.39, 0.29) is 22.3 Å². The molecule has 0 amide bonds. The van der Waals surface area contributed by atoms with Gasteiger partial charge >= 0.3 is 5.97 Å². The largest absolute Gasteiger partial charge is 0.478 e. The first-order valence-electron chi connectivity index (χ1n) is 12.8. The summed E-state index contributed by atoms with van der Waals surface area (Å²) in [7, 11) is 0. The van der Waals surface area contributed by atoms with Gasteiger partial charge in [-0.05, 0) is 102 Å².